The Morgan fingerprint density at radius 3 is 2.34 bits per heavy atom. The highest BCUT2D eigenvalue weighted by atomic mass is 16.5. The van der Waals surface area contributed by atoms with Crippen LogP contribution in [0.4, 0.5) is 10.5 Å². The van der Waals surface area contributed by atoms with Gasteiger partial charge in [-0.15, -0.1) is 0 Å². The minimum atomic E-state index is 0.000386. The lowest BCUT2D eigenvalue weighted by atomic mass is 10.1. The lowest BCUT2D eigenvalue weighted by Gasteiger charge is -2.32. The molecule has 2 aliphatic heterocycles. The summed E-state index contributed by atoms with van der Waals surface area (Å²) in [4.78, 5) is 16.7. The third-order valence-electron chi connectivity index (χ3n) is 5.53. The Bertz CT molecular complexity index is 768. The Morgan fingerprint density at radius 2 is 1.66 bits per heavy atom. The molecule has 0 radical (unpaired) electrons. The van der Waals surface area contributed by atoms with Gasteiger partial charge in [-0.1, -0.05) is 30.3 Å². The number of benzene rings is 2. The molecule has 2 aliphatic rings. The zero-order chi connectivity index (χ0) is 19.9. The number of hydrogen-bond acceptors (Lipinski definition) is 4. The second kappa shape index (κ2) is 9.65. The van der Waals surface area contributed by atoms with Crippen LogP contribution in [0.3, 0.4) is 0 Å². The second-order valence-electron chi connectivity index (χ2n) is 7.54. The zero-order valence-electron chi connectivity index (χ0n) is 16.8. The number of nitrogens with zero attached hydrogens (tertiary/aromatic N) is 2. The SMILES string of the molecule is O=C(NCc1ccc(N2CCOCC2)cc1)N1CCC(Oc2ccccc2)CC1. The van der Waals surface area contributed by atoms with Crippen molar-refractivity contribution >= 4 is 11.7 Å². The second-order valence-corrected chi connectivity index (χ2v) is 7.54. The van der Waals surface area contributed by atoms with Crippen molar-refractivity contribution in [2.75, 3.05) is 44.3 Å². The summed E-state index contributed by atoms with van der Waals surface area (Å²) < 4.78 is 11.4. The van der Waals surface area contributed by atoms with Crippen molar-refractivity contribution in [2.45, 2.75) is 25.5 Å². The number of likely N-dealkylation sites (tertiary alicyclic amines) is 1. The zero-order valence-corrected chi connectivity index (χ0v) is 16.8. The highest BCUT2D eigenvalue weighted by molar-refractivity contribution is 5.74. The molecule has 0 atom stereocenters. The summed E-state index contributed by atoms with van der Waals surface area (Å²) in [5, 5.41) is 3.04. The van der Waals surface area contributed by atoms with E-state index in [4.69, 9.17) is 9.47 Å². The lowest BCUT2D eigenvalue weighted by molar-refractivity contribution is 0.111. The number of carbonyl (C=O) groups is 1. The Hall–Kier alpha value is -2.73. The highest BCUT2D eigenvalue weighted by Gasteiger charge is 2.23. The lowest BCUT2D eigenvalue weighted by Crippen LogP contribution is -2.46. The van der Waals surface area contributed by atoms with Gasteiger partial charge in [0.05, 0.1) is 13.2 Å². The van der Waals surface area contributed by atoms with Gasteiger partial charge in [0, 0.05) is 51.3 Å². The first-order valence-corrected chi connectivity index (χ1v) is 10.4. The summed E-state index contributed by atoms with van der Waals surface area (Å²) >= 11 is 0. The van der Waals surface area contributed by atoms with Gasteiger partial charge in [-0.25, -0.2) is 4.79 Å². The van der Waals surface area contributed by atoms with Gasteiger partial charge in [0.1, 0.15) is 11.9 Å². The van der Waals surface area contributed by atoms with Gasteiger partial charge in [0.25, 0.3) is 0 Å². The normalized spacial score (nSPS) is 17.8. The minimum Gasteiger partial charge on any atom is -0.490 e. The number of hydrogen-bond donors (Lipinski definition) is 1. The van der Waals surface area contributed by atoms with E-state index < -0.39 is 0 Å². The number of anilines is 1. The Morgan fingerprint density at radius 1 is 0.966 bits per heavy atom. The number of nitrogens with one attached hydrogen (secondary N) is 1. The number of carbonyl (C=O) groups excluding carboxylic acids is 1. The van der Waals surface area contributed by atoms with Crippen LogP contribution < -0.4 is 15.0 Å². The van der Waals surface area contributed by atoms with Gasteiger partial charge in [-0.05, 0) is 29.8 Å². The molecule has 2 amide bonds. The first kappa shape index (κ1) is 19.6. The molecule has 29 heavy (non-hydrogen) atoms. The molecule has 4 rings (SSSR count). The number of ether oxygens (including phenoxy) is 2. The molecule has 2 aromatic rings. The van der Waals surface area contributed by atoms with Crippen molar-refractivity contribution in [1.82, 2.24) is 10.2 Å². The number of amides is 2. The summed E-state index contributed by atoms with van der Waals surface area (Å²) in [6.45, 7) is 5.41. The number of piperidine rings is 1. The van der Waals surface area contributed by atoms with E-state index in [1.807, 2.05) is 35.2 Å². The maximum absolute atomic E-state index is 12.5. The van der Waals surface area contributed by atoms with Crippen LogP contribution in [0.1, 0.15) is 18.4 Å². The largest absolute Gasteiger partial charge is 0.490 e. The topological polar surface area (TPSA) is 54.0 Å². The Kier molecular flexibility index (Phi) is 6.52. The summed E-state index contributed by atoms with van der Waals surface area (Å²) in [6.07, 6.45) is 1.89. The van der Waals surface area contributed by atoms with Crippen LogP contribution in [0, 0.1) is 0 Å². The number of morpholine rings is 1. The van der Waals surface area contributed by atoms with Crippen molar-refractivity contribution in [2.24, 2.45) is 0 Å². The standard InChI is InChI=1S/C23H29N3O3/c27-23(26-12-10-22(11-13-26)29-21-4-2-1-3-5-21)24-18-19-6-8-20(9-7-19)25-14-16-28-17-15-25/h1-9,22H,10-18H2,(H,24,27). The van der Waals surface area contributed by atoms with Crippen LogP contribution in [-0.2, 0) is 11.3 Å². The molecular formula is C23H29N3O3. The number of para-hydroxylation sites is 1. The molecular weight excluding hydrogens is 366 g/mol. The van der Waals surface area contributed by atoms with Crippen LogP contribution in [0.15, 0.2) is 54.6 Å². The average molecular weight is 396 g/mol. The van der Waals surface area contributed by atoms with E-state index in [0.717, 1.165) is 63.5 Å². The molecule has 6 heteroatoms. The quantitative estimate of drug-likeness (QED) is 0.844. The van der Waals surface area contributed by atoms with E-state index in [9.17, 15) is 4.79 Å². The minimum absolute atomic E-state index is 0.000386. The average Bonchev–Trinajstić information content (AvgIpc) is 2.80. The maximum atomic E-state index is 12.5. The third-order valence-corrected chi connectivity index (χ3v) is 5.53. The first-order chi connectivity index (χ1) is 14.3. The van der Waals surface area contributed by atoms with Crippen molar-refractivity contribution < 1.29 is 14.3 Å². The number of rotatable bonds is 5. The smallest absolute Gasteiger partial charge is 0.317 e. The molecule has 2 heterocycles. The van der Waals surface area contributed by atoms with Crippen molar-refractivity contribution in [3.8, 4) is 5.75 Å². The van der Waals surface area contributed by atoms with Gasteiger partial charge in [-0.2, -0.15) is 0 Å². The first-order valence-electron chi connectivity index (χ1n) is 10.4. The molecule has 0 bridgehead atoms. The van der Waals surface area contributed by atoms with Gasteiger partial charge in [-0.3, -0.25) is 0 Å². The van der Waals surface area contributed by atoms with E-state index in [1.165, 1.54) is 5.69 Å². The summed E-state index contributed by atoms with van der Waals surface area (Å²) in [5.41, 5.74) is 2.32. The molecule has 0 spiro atoms. The molecule has 2 fully saturated rings. The summed E-state index contributed by atoms with van der Waals surface area (Å²) in [7, 11) is 0. The molecule has 2 saturated heterocycles. The molecule has 2 aromatic carbocycles. The molecule has 154 valence electrons. The van der Waals surface area contributed by atoms with Crippen LogP contribution in [-0.4, -0.2) is 56.4 Å². The van der Waals surface area contributed by atoms with Crippen LogP contribution in [0.5, 0.6) is 5.75 Å². The van der Waals surface area contributed by atoms with E-state index in [-0.39, 0.29) is 12.1 Å². The van der Waals surface area contributed by atoms with Crippen LogP contribution >= 0.6 is 0 Å². The molecule has 1 N–H and O–H groups in total. The van der Waals surface area contributed by atoms with E-state index in [2.05, 4.69) is 34.5 Å². The van der Waals surface area contributed by atoms with Gasteiger partial charge in [0.15, 0.2) is 0 Å². The molecule has 0 saturated carbocycles. The van der Waals surface area contributed by atoms with Crippen molar-refractivity contribution in [1.29, 1.82) is 0 Å². The number of urea groups is 1. The fraction of sp³-hybridized carbons (Fsp3) is 0.435. The monoisotopic (exact) mass is 395 g/mol. The van der Waals surface area contributed by atoms with E-state index >= 15 is 0 Å². The third kappa shape index (κ3) is 5.41. The Balaban J connectivity index is 1.20. The molecule has 0 aromatic heterocycles. The van der Waals surface area contributed by atoms with Gasteiger partial charge in [0.2, 0.25) is 0 Å². The molecule has 0 aliphatic carbocycles. The van der Waals surface area contributed by atoms with E-state index in [0.29, 0.717) is 6.54 Å². The van der Waals surface area contributed by atoms with Gasteiger partial charge >= 0.3 is 6.03 Å². The molecule has 0 unspecified atom stereocenters. The highest BCUT2D eigenvalue weighted by Crippen LogP contribution is 2.19. The van der Waals surface area contributed by atoms with Crippen molar-refractivity contribution in [3.63, 3.8) is 0 Å². The predicted molar refractivity (Wildman–Crippen MR) is 113 cm³/mol. The fourth-order valence-corrected chi connectivity index (χ4v) is 3.80. The van der Waals surface area contributed by atoms with Crippen LogP contribution in [0.25, 0.3) is 0 Å². The maximum Gasteiger partial charge on any atom is 0.317 e. The van der Waals surface area contributed by atoms with Crippen LogP contribution in [0.2, 0.25) is 0 Å². The molecule has 6 nitrogen and oxygen atoms in total. The Labute approximate surface area is 172 Å². The van der Waals surface area contributed by atoms with Crippen molar-refractivity contribution in [3.05, 3.63) is 60.2 Å². The van der Waals surface area contributed by atoms with Gasteiger partial charge < -0.3 is 24.6 Å². The predicted octanol–water partition coefficient (Wildman–Crippen LogP) is 3.28. The van der Waals surface area contributed by atoms with E-state index in [1.54, 1.807) is 0 Å². The fourth-order valence-electron chi connectivity index (χ4n) is 3.80. The summed E-state index contributed by atoms with van der Waals surface area (Å²) in [5.74, 6) is 0.899. The summed E-state index contributed by atoms with van der Waals surface area (Å²) in [6, 6.07) is 18.3.